The van der Waals surface area contributed by atoms with Gasteiger partial charge >= 0.3 is 29.2 Å². The number of nitrogen functional groups attached to an aromatic ring is 1. The van der Waals surface area contributed by atoms with Crippen molar-refractivity contribution in [1.82, 2.24) is 9.55 Å². The molecule has 0 aliphatic rings. The number of aliphatic hydroxyl groups excluding tert-OH is 1. The third-order valence-electron chi connectivity index (χ3n) is 3.64. The van der Waals surface area contributed by atoms with Crippen molar-refractivity contribution in [2.24, 2.45) is 5.73 Å². The van der Waals surface area contributed by atoms with E-state index in [0.29, 0.717) is 0 Å². The highest BCUT2D eigenvalue weighted by atomic mass is 31.3. The van der Waals surface area contributed by atoms with E-state index in [1.807, 2.05) is 0 Å². The minimum Gasteiger partial charge on any atom is -0.385 e. The van der Waals surface area contributed by atoms with Crippen LogP contribution in [0, 0.1) is 5.82 Å². The van der Waals surface area contributed by atoms with Gasteiger partial charge in [-0.25, -0.2) is 27.3 Å². The summed E-state index contributed by atoms with van der Waals surface area (Å²) in [6.45, 7) is -2.26. The van der Waals surface area contributed by atoms with Gasteiger partial charge in [0.1, 0.15) is 11.7 Å². The SMILES string of the molecule is CO[C@](CN)(COP(=O)(O)OP(=O)(O)OP(=O)(O)O)[C@@H](O)[C@@H](F)n1cc(F)c(N)nc1=O. The zero-order valence-electron chi connectivity index (χ0n) is 15.8. The second-order valence-electron chi connectivity index (χ2n) is 5.82. The molecular formula is C10H19F2N4O13P3. The van der Waals surface area contributed by atoms with Crippen LogP contribution in [0.3, 0.4) is 0 Å². The Bertz CT molecular complexity index is 1010. The quantitative estimate of drug-likeness (QED) is 0.150. The van der Waals surface area contributed by atoms with Gasteiger partial charge in [-0.1, -0.05) is 0 Å². The lowest BCUT2D eigenvalue weighted by Gasteiger charge is -2.37. The fraction of sp³-hybridized carbons (Fsp3) is 0.600. The highest BCUT2D eigenvalue weighted by molar-refractivity contribution is 7.66. The molecule has 0 aromatic carbocycles. The highest BCUT2D eigenvalue weighted by Gasteiger charge is 2.47. The van der Waals surface area contributed by atoms with Gasteiger partial charge in [-0.15, -0.1) is 0 Å². The number of alkyl halides is 1. The van der Waals surface area contributed by atoms with E-state index in [-0.39, 0.29) is 10.8 Å². The maximum absolute atomic E-state index is 14.8. The van der Waals surface area contributed by atoms with Crippen LogP contribution in [-0.4, -0.2) is 66.2 Å². The zero-order valence-corrected chi connectivity index (χ0v) is 18.5. The molecule has 22 heteroatoms. The smallest absolute Gasteiger partial charge is 0.385 e. The molecule has 2 unspecified atom stereocenters. The summed E-state index contributed by atoms with van der Waals surface area (Å²) in [6, 6.07) is 0. The number of hydrogen-bond donors (Lipinski definition) is 7. The van der Waals surface area contributed by atoms with Crippen LogP contribution in [0.4, 0.5) is 14.6 Å². The number of phosphoric acid groups is 3. The maximum Gasteiger partial charge on any atom is 0.490 e. The molecule has 0 aliphatic heterocycles. The second-order valence-corrected chi connectivity index (χ2v) is 10.2. The van der Waals surface area contributed by atoms with E-state index < -0.39 is 71.9 Å². The number of rotatable bonds is 12. The number of aliphatic hydroxyl groups is 1. The number of hydrogen-bond acceptors (Lipinski definition) is 12. The average Bonchev–Trinajstić information content (AvgIpc) is 2.62. The molecule has 32 heavy (non-hydrogen) atoms. The summed E-state index contributed by atoms with van der Waals surface area (Å²) in [4.78, 5) is 50.3. The molecule has 5 atom stereocenters. The Morgan fingerprint density at radius 1 is 1.22 bits per heavy atom. The first-order valence-corrected chi connectivity index (χ1v) is 12.3. The van der Waals surface area contributed by atoms with Crippen LogP contribution >= 0.6 is 23.5 Å². The molecule has 1 rings (SSSR count). The monoisotopic (exact) mass is 534 g/mol. The normalized spacial score (nSPS) is 20.0. The van der Waals surface area contributed by atoms with Crippen LogP contribution in [0.15, 0.2) is 11.0 Å². The van der Waals surface area contributed by atoms with Gasteiger partial charge in [-0.2, -0.15) is 13.6 Å². The first-order valence-electron chi connectivity index (χ1n) is 7.78. The molecule has 0 bridgehead atoms. The molecule has 9 N–H and O–H groups in total. The van der Waals surface area contributed by atoms with E-state index in [1.54, 1.807) is 0 Å². The van der Waals surface area contributed by atoms with Crippen LogP contribution in [0.2, 0.25) is 0 Å². The average molecular weight is 534 g/mol. The third kappa shape index (κ3) is 7.71. The summed E-state index contributed by atoms with van der Waals surface area (Å²) in [5, 5.41) is 10.3. The van der Waals surface area contributed by atoms with Crippen LogP contribution in [0.1, 0.15) is 6.30 Å². The van der Waals surface area contributed by atoms with Crippen molar-refractivity contribution >= 4 is 29.3 Å². The molecule has 17 nitrogen and oxygen atoms in total. The van der Waals surface area contributed by atoms with Gasteiger partial charge in [0.05, 0.1) is 12.8 Å². The van der Waals surface area contributed by atoms with E-state index in [2.05, 4.69) is 18.1 Å². The predicted molar refractivity (Wildman–Crippen MR) is 97.6 cm³/mol. The number of nitrogens with two attached hydrogens (primary N) is 2. The standard InChI is InChI=1S/C10H19F2N4O13P3/c1-26-10(3-13,4-27-31(22,23)29-32(24,25)28-30(19,20)21)6(17)7(12)16-2-5(11)8(14)15-9(16)18/h2,6-7,17H,3-4,13H2,1H3,(H,22,23)(H,24,25)(H2,14,15,18)(H2,19,20,21)/t6-,7-,10+/m0/s1. The fourth-order valence-corrected chi connectivity index (χ4v) is 5.14. The van der Waals surface area contributed by atoms with Gasteiger partial charge < -0.3 is 40.9 Å². The Morgan fingerprint density at radius 3 is 2.25 bits per heavy atom. The summed E-state index contributed by atoms with van der Waals surface area (Å²) >= 11 is 0. The summed E-state index contributed by atoms with van der Waals surface area (Å²) in [5.41, 5.74) is 6.55. The lowest BCUT2D eigenvalue weighted by atomic mass is 9.96. The number of aromatic nitrogens is 2. The topological polar surface area (TPSA) is 276 Å². The van der Waals surface area contributed by atoms with Gasteiger partial charge in [0.25, 0.3) is 0 Å². The van der Waals surface area contributed by atoms with Gasteiger partial charge in [-0.3, -0.25) is 9.09 Å². The van der Waals surface area contributed by atoms with Gasteiger partial charge in [0.15, 0.2) is 11.6 Å². The molecule has 0 radical (unpaired) electrons. The number of ether oxygens (including phenoxy) is 1. The number of halogens is 2. The molecule has 0 fully saturated rings. The second kappa shape index (κ2) is 10.4. The van der Waals surface area contributed by atoms with Gasteiger partial charge in [-0.05, 0) is 0 Å². The Kier molecular flexibility index (Phi) is 9.38. The van der Waals surface area contributed by atoms with Crippen molar-refractivity contribution in [2.75, 3.05) is 26.0 Å². The third-order valence-corrected chi connectivity index (χ3v) is 7.42. The Hall–Kier alpha value is -1.17. The van der Waals surface area contributed by atoms with E-state index in [0.717, 1.165) is 7.11 Å². The van der Waals surface area contributed by atoms with Crippen molar-refractivity contribution < 1.29 is 65.0 Å². The molecule has 0 saturated heterocycles. The van der Waals surface area contributed by atoms with E-state index in [9.17, 15) is 37.3 Å². The van der Waals surface area contributed by atoms with Crippen molar-refractivity contribution in [3.63, 3.8) is 0 Å². The van der Waals surface area contributed by atoms with Gasteiger partial charge in [0.2, 0.25) is 6.30 Å². The van der Waals surface area contributed by atoms with Crippen LogP contribution in [0.5, 0.6) is 0 Å². The van der Waals surface area contributed by atoms with Crippen molar-refractivity contribution in [2.45, 2.75) is 18.0 Å². The Balaban J connectivity index is 3.12. The maximum atomic E-state index is 14.8. The largest absolute Gasteiger partial charge is 0.490 e. The lowest BCUT2D eigenvalue weighted by molar-refractivity contribution is -0.156. The number of anilines is 1. The molecule has 186 valence electrons. The van der Waals surface area contributed by atoms with Gasteiger partial charge in [0, 0.05) is 13.7 Å². The number of phosphoric ester groups is 1. The van der Waals surface area contributed by atoms with Crippen LogP contribution < -0.4 is 17.2 Å². The minimum atomic E-state index is -5.86. The van der Waals surface area contributed by atoms with Crippen LogP contribution in [0.25, 0.3) is 0 Å². The minimum absolute atomic E-state index is 0.0371. The fourth-order valence-electron chi connectivity index (χ4n) is 2.06. The van der Waals surface area contributed by atoms with Crippen molar-refractivity contribution in [3.8, 4) is 0 Å². The summed E-state index contributed by atoms with van der Waals surface area (Å²) in [5.74, 6) is -2.19. The number of nitrogens with zero attached hydrogens (tertiary/aromatic N) is 2. The molecule has 1 heterocycles. The molecule has 0 saturated carbocycles. The first kappa shape index (κ1) is 28.9. The summed E-state index contributed by atoms with van der Waals surface area (Å²) < 4.78 is 78.2. The molecular weight excluding hydrogens is 515 g/mol. The molecule has 1 aromatic heterocycles. The first-order chi connectivity index (χ1) is 14.4. The van der Waals surface area contributed by atoms with Crippen LogP contribution in [-0.2, 0) is 31.6 Å². The van der Waals surface area contributed by atoms with Crippen molar-refractivity contribution in [3.05, 3.63) is 22.5 Å². The predicted octanol–water partition coefficient (Wildman–Crippen LogP) is -1.52. The summed E-state index contributed by atoms with van der Waals surface area (Å²) in [7, 11) is -16.4. The number of methoxy groups -OCH3 is 1. The Morgan fingerprint density at radius 2 is 1.78 bits per heavy atom. The summed E-state index contributed by atoms with van der Waals surface area (Å²) in [6.07, 6.45) is -5.09. The van der Waals surface area contributed by atoms with Crippen molar-refractivity contribution in [1.29, 1.82) is 0 Å². The van der Waals surface area contributed by atoms with E-state index in [1.165, 1.54) is 0 Å². The lowest BCUT2D eigenvalue weighted by Crippen LogP contribution is -2.56. The molecule has 0 spiro atoms. The molecule has 0 aliphatic carbocycles. The Labute approximate surface area is 177 Å². The van der Waals surface area contributed by atoms with E-state index in [4.69, 9.17) is 30.9 Å². The molecule has 1 aromatic rings. The van der Waals surface area contributed by atoms with E-state index >= 15 is 0 Å². The highest BCUT2D eigenvalue weighted by Crippen LogP contribution is 2.66. The zero-order chi connectivity index (χ0) is 25.1. The molecule has 0 amide bonds.